The van der Waals surface area contributed by atoms with Crippen molar-refractivity contribution in [3.8, 4) is 11.5 Å². The van der Waals surface area contributed by atoms with Gasteiger partial charge in [0.2, 0.25) is 17.7 Å². The zero-order chi connectivity index (χ0) is 21.5. The average molecular weight is 424 g/mol. The smallest absolute Gasteiger partial charge is 0.233 e. The standard InChI is InChI=1S/C23H25N3O3S/c1-15-4-6-18(7-5-15)23-26-20(14-29-23)12-13-24-22(28)16(2)30-21-10-8-19(9-11-21)25-17(3)27/h4-11,14,16H,12-13H2,1-3H3,(H,24,28)(H,25,27). The summed E-state index contributed by atoms with van der Waals surface area (Å²) in [5, 5.41) is 5.43. The van der Waals surface area contributed by atoms with Crippen LogP contribution in [-0.4, -0.2) is 28.6 Å². The van der Waals surface area contributed by atoms with E-state index in [1.807, 2.05) is 62.4 Å². The summed E-state index contributed by atoms with van der Waals surface area (Å²) >= 11 is 1.47. The molecule has 0 spiro atoms. The Balaban J connectivity index is 1.45. The molecule has 0 bridgehead atoms. The zero-order valence-electron chi connectivity index (χ0n) is 17.3. The molecule has 30 heavy (non-hydrogen) atoms. The minimum atomic E-state index is -0.239. The van der Waals surface area contributed by atoms with Crippen molar-refractivity contribution >= 4 is 29.3 Å². The summed E-state index contributed by atoms with van der Waals surface area (Å²) in [6, 6.07) is 15.4. The monoisotopic (exact) mass is 423 g/mol. The molecule has 2 aromatic carbocycles. The summed E-state index contributed by atoms with van der Waals surface area (Å²) in [6.45, 7) is 5.86. The van der Waals surface area contributed by atoms with Crippen LogP contribution in [0.4, 0.5) is 5.69 Å². The maximum atomic E-state index is 12.4. The zero-order valence-corrected chi connectivity index (χ0v) is 18.1. The molecule has 1 unspecified atom stereocenters. The lowest BCUT2D eigenvalue weighted by Crippen LogP contribution is -2.32. The second kappa shape index (κ2) is 10.1. The van der Waals surface area contributed by atoms with Crippen molar-refractivity contribution in [2.45, 2.75) is 37.3 Å². The predicted octanol–water partition coefficient (Wildman–Crippen LogP) is 4.45. The number of hydrogen-bond donors (Lipinski definition) is 2. The quantitative estimate of drug-likeness (QED) is 0.523. The van der Waals surface area contributed by atoms with E-state index in [-0.39, 0.29) is 17.1 Å². The Morgan fingerprint density at radius 2 is 1.80 bits per heavy atom. The molecule has 3 aromatic rings. The summed E-state index contributed by atoms with van der Waals surface area (Å²) in [7, 11) is 0. The van der Waals surface area contributed by atoms with Crippen LogP contribution in [0.2, 0.25) is 0 Å². The first kappa shape index (κ1) is 21.6. The van der Waals surface area contributed by atoms with E-state index < -0.39 is 0 Å². The highest BCUT2D eigenvalue weighted by Gasteiger charge is 2.14. The summed E-state index contributed by atoms with van der Waals surface area (Å²) in [5.74, 6) is 0.442. The lowest BCUT2D eigenvalue weighted by molar-refractivity contribution is -0.120. The van der Waals surface area contributed by atoms with Gasteiger partial charge in [-0.25, -0.2) is 4.98 Å². The Hall–Kier alpha value is -3.06. The van der Waals surface area contributed by atoms with Gasteiger partial charge in [0.15, 0.2) is 0 Å². The van der Waals surface area contributed by atoms with E-state index >= 15 is 0 Å². The highest BCUT2D eigenvalue weighted by molar-refractivity contribution is 8.00. The molecular formula is C23H25N3O3S. The Kier molecular flexibility index (Phi) is 7.30. The third-order valence-electron chi connectivity index (χ3n) is 4.39. The van der Waals surface area contributed by atoms with Gasteiger partial charge in [-0.1, -0.05) is 17.7 Å². The minimum absolute atomic E-state index is 0.0341. The van der Waals surface area contributed by atoms with Crippen LogP contribution in [0, 0.1) is 6.92 Å². The van der Waals surface area contributed by atoms with Crippen LogP contribution in [-0.2, 0) is 16.0 Å². The van der Waals surface area contributed by atoms with Crippen molar-refractivity contribution in [1.29, 1.82) is 0 Å². The number of thioether (sulfide) groups is 1. The first-order valence-electron chi connectivity index (χ1n) is 9.74. The molecule has 1 heterocycles. The Bertz CT molecular complexity index is 997. The van der Waals surface area contributed by atoms with Gasteiger partial charge in [-0.15, -0.1) is 11.8 Å². The molecule has 1 aromatic heterocycles. The Morgan fingerprint density at radius 1 is 1.10 bits per heavy atom. The van der Waals surface area contributed by atoms with E-state index in [9.17, 15) is 9.59 Å². The van der Waals surface area contributed by atoms with Crippen LogP contribution >= 0.6 is 11.8 Å². The molecule has 0 radical (unpaired) electrons. The molecule has 7 heteroatoms. The summed E-state index contributed by atoms with van der Waals surface area (Å²) in [4.78, 5) is 28.9. The number of rotatable bonds is 8. The Labute approximate surface area is 180 Å². The first-order chi connectivity index (χ1) is 14.4. The number of aromatic nitrogens is 1. The highest BCUT2D eigenvalue weighted by atomic mass is 32.2. The number of carbonyl (C=O) groups excluding carboxylic acids is 2. The fraction of sp³-hybridized carbons (Fsp3) is 0.261. The van der Waals surface area contributed by atoms with E-state index in [2.05, 4.69) is 15.6 Å². The van der Waals surface area contributed by atoms with Crippen LogP contribution in [0.25, 0.3) is 11.5 Å². The van der Waals surface area contributed by atoms with Crippen molar-refractivity contribution < 1.29 is 14.0 Å². The number of aryl methyl sites for hydroxylation is 1. The molecular weight excluding hydrogens is 398 g/mol. The van der Waals surface area contributed by atoms with Crippen molar-refractivity contribution in [2.75, 3.05) is 11.9 Å². The third kappa shape index (κ3) is 6.22. The minimum Gasteiger partial charge on any atom is -0.444 e. The van der Waals surface area contributed by atoms with Gasteiger partial charge < -0.3 is 15.1 Å². The summed E-state index contributed by atoms with van der Waals surface area (Å²) in [5.41, 5.74) is 3.66. The van der Waals surface area contributed by atoms with Crippen LogP contribution in [0.15, 0.2) is 64.1 Å². The van der Waals surface area contributed by atoms with Crippen molar-refractivity contribution in [3.63, 3.8) is 0 Å². The van der Waals surface area contributed by atoms with E-state index in [0.717, 1.165) is 21.8 Å². The molecule has 1 atom stereocenters. The SMILES string of the molecule is CC(=O)Nc1ccc(SC(C)C(=O)NCCc2coc(-c3ccc(C)cc3)n2)cc1. The summed E-state index contributed by atoms with van der Waals surface area (Å²) < 4.78 is 5.55. The van der Waals surface area contributed by atoms with Gasteiger partial charge in [-0.2, -0.15) is 0 Å². The van der Waals surface area contributed by atoms with E-state index in [0.29, 0.717) is 18.9 Å². The van der Waals surface area contributed by atoms with Gasteiger partial charge in [-0.3, -0.25) is 9.59 Å². The second-order valence-corrected chi connectivity index (χ2v) is 8.43. The molecule has 3 rings (SSSR count). The van der Waals surface area contributed by atoms with Gasteiger partial charge in [0.05, 0.1) is 10.9 Å². The average Bonchev–Trinajstić information content (AvgIpc) is 3.18. The van der Waals surface area contributed by atoms with Crippen LogP contribution in [0.1, 0.15) is 25.1 Å². The van der Waals surface area contributed by atoms with Gasteiger partial charge in [0.25, 0.3) is 0 Å². The van der Waals surface area contributed by atoms with Crippen molar-refractivity contribution in [2.24, 2.45) is 0 Å². The van der Waals surface area contributed by atoms with Crippen molar-refractivity contribution in [3.05, 3.63) is 66.1 Å². The predicted molar refractivity (Wildman–Crippen MR) is 119 cm³/mol. The lowest BCUT2D eigenvalue weighted by atomic mass is 10.1. The molecule has 0 saturated heterocycles. The fourth-order valence-corrected chi connectivity index (χ4v) is 3.68. The Morgan fingerprint density at radius 3 is 2.47 bits per heavy atom. The van der Waals surface area contributed by atoms with Crippen LogP contribution in [0.5, 0.6) is 0 Å². The van der Waals surface area contributed by atoms with Gasteiger partial charge in [0, 0.05) is 36.0 Å². The normalized spacial score (nSPS) is 11.7. The van der Waals surface area contributed by atoms with Gasteiger partial charge in [0.1, 0.15) is 6.26 Å². The second-order valence-electron chi connectivity index (χ2n) is 7.02. The van der Waals surface area contributed by atoms with Gasteiger partial charge >= 0.3 is 0 Å². The maximum Gasteiger partial charge on any atom is 0.233 e. The lowest BCUT2D eigenvalue weighted by Gasteiger charge is -2.12. The van der Waals surface area contributed by atoms with E-state index in [1.54, 1.807) is 6.26 Å². The number of amides is 2. The largest absolute Gasteiger partial charge is 0.444 e. The molecule has 0 aliphatic heterocycles. The summed E-state index contributed by atoms with van der Waals surface area (Å²) in [6.07, 6.45) is 2.24. The van der Waals surface area contributed by atoms with E-state index in [4.69, 9.17) is 4.42 Å². The number of hydrogen-bond acceptors (Lipinski definition) is 5. The number of nitrogens with zero attached hydrogens (tertiary/aromatic N) is 1. The number of oxazole rings is 1. The molecule has 2 N–H and O–H groups in total. The molecule has 156 valence electrons. The molecule has 0 saturated carbocycles. The van der Waals surface area contributed by atoms with Crippen molar-refractivity contribution in [1.82, 2.24) is 10.3 Å². The topological polar surface area (TPSA) is 84.2 Å². The van der Waals surface area contributed by atoms with Crippen LogP contribution < -0.4 is 10.6 Å². The van der Waals surface area contributed by atoms with Gasteiger partial charge in [-0.05, 0) is 50.2 Å². The third-order valence-corrected chi connectivity index (χ3v) is 5.50. The molecule has 0 fully saturated rings. The molecule has 0 aliphatic rings. The molecule has 2 amide bonds. The van der Waals surface area contributed by atoms with Crippen LogP contribution in [0.3, 0.4) is 0 Å². The number of anilines is 1. The molecule has 0 aliphatic carbocycles. The first-order valence-corrected chi connectivity index (χ1v) is 10.6. The number of benzene rings is 2. The highest BCUT2D eigenvalue weighted by Crippen LogP contribution is 2.25. The maximum absolute atomic E-state index is 12.4. The number of carbonyl (C=O) groups is 2. The number of nitrogens with one attached hydrogen (secondary N) is 2. The van der Waals surface area contributed by atoms with E-state index in [1.165, 1.54) is 24.2 Å². The fourth-order valence-electron chi connectivity index (χ4n) is 2.79. The molecule has 6 nitrogen and oxygen atoms in total.